The maximum atomic E-state index is 12.4. The largest absolute Gasteiger partial charge is 0.481 e. The van der Waals surface area contributed by atoms with Gasteiger partial charge in [-0.25, -0.2) is 13.4 Å². The van der Waals surface area contributed by atoms with Crippen LogP contribution in [0.5, 0.6) is 5.88 Å². The van der Waals surface area contributed by atoms with E-state index in [-0.39, 0.29) is 16.3 Å². The van der Waals surface area contributed by atoms with Crippen LogP contribution in [0.25, 0.3) is 0 Å². The first-order valence-corrected chi connectivity index (χ1v) is 7.98. The number of nitrogens with one attached hydrogen (secondary N) is 1. The van der Waals surface area contributed by atoms with E-state index in [1.807, 2.05) is 0 Å². The zero-order chi connectivity index (χ0) is 17.2. The van der Waals surface area contributed by atoms with Crippen molar-refractivity contribution >= 4 is 16.0 Å². The molecule has 0 amide bonds. The minimum atomic E-state index is -4.07. The number of carboxylic acids is 1. The SMILES string of the molecule is COc1ccc(S(=O)(=O)NC(C(=O)O)c2cnn(C)c2C)cn1. The lowest BCUT2D eigenvalue weighted by molar-refractivity contribution is -0.139. The van der Waals surface area contributed by atoms with Crippen LogP contribution in [0.1, 0.15) is 17.3 Å². The van der Waals surface area contributed by atoms with E-state index in [2.05, 4.69) is 14.8 Å². The summed E-state index contributed by atoms with van der Waals surface area (Å²) in [6.45, 7) is 1.65. The standard InChI is InChI=1S/C13H16N4O5S/c1-8-10(7-15-17(8)2)12(13(18)19)16-23(20,21)9-4-5-11(22-3)14-6-9/h4-7,12,16H,1-3H3,(H,18,19). The van der Waals surface area contributed by atoms with Gasteiger partial charge in [0.1, 0.15) is 10.9 Å². The first-order valence-electron chi connectivity index (χ1n) is 6.50. The molecule has 23 heavy (non-hydrogen) atoms. The van der Waals surface area contributed by atoms with Gasteiger partial charge in [-0.3, -0.25) is 9.48 Å². The van der Waals surface area contributed by atoms with E-state index in [0.717, 1.165) is 6.20 Å². The van der Waals surface area contributed by atoms with Crippen LogP contribution in [0.3, 0.4) is 0 Å². The highest BCUT2D eigenvalue weighted by atomic mass is 32.2. The van der Waals surface area contributed by atoms with Crippen molar-refractivity contribution in [3.63, 3.8) is 0 Å². The van der Waals surface area contributed by atoms with Crippen molar-refractivity contribution in [1.82, 2.24) is 19.5 Å². The zero-order valence-corrected chi connectivity index (χ0v) is 13.5. The Labute approximate surface area is 133 Å². The van der Waals surface area contributed by atoms with Gasteiger partial charge in [0, 0.05) is 24.4 Å². The number of hydrogen-bond donors (Lipinski definition) is 2. The molecule has 9 nitrogen and oxygen atoms in total. The molecule has 2 aromatic rings. The Morgan fingerprint density at radius 2 is 2.09 bits per heavy atom. The van der Waals surface area contributed by atoms with Gasteiger partial charge in [0.25, 0.3) is 0 Å². The molecule has 0 fully saturated rings. The maximum absolute atomic E-state index is 12.4. The van der Waals surface area contributed by atoms with Gasteiger partial charge < -0.3 is 9.84 Å². The summed E-state index contributed by atoms with van der Waals surface area (Å²) in [5, 5.41) is 13.3. The number of hydrogen-bond acceptors (Lipinski definition) is 6. The summed E-state index contributed by atoms with van der Waals surface area (Å²) in [5.74, 6) is -1.08. The molecule has 10 heteroatoms. The Bertz CT molecular complexity index is 813. The number of pyridine rings is 1. The van der Waals surface area contributed by atoms with E-state index in [1.165, 1.54) is 30.1 Å². The second-order valence-electron chi connectivity index (χ2n) is 4.74. The average molecular weight is 340 g/mol. The molecular formula is C13H16N4O5S. The number of aryl methyl sites for hydroxylation is 1. The van der Waals surface area contributed by atoms with E-state index in [9.17, 15) is 18.3 Å². The van der Waals surface area contributed by atoms with E-state index < -0.39 is 22.0 Å². The Hall–Kier alpha value is -2.46. The number of rotatable bonds is 6. The van der Waals surface area contributed by atoms with Crippen LogP contribution in [-0.2, 0) is 21.9 Å². The van der Waals surface area contributed by atoms with Crippen molar-refractivity contribution in [3.05, 3.63) is 35.8 Å². The fraction of sp³-hybridized carbons (Fsp3) is 0.308. The number of sulfonamides is 1. The highest BCUT2D eigenvalue weighted by Crippen LogP contribution is 2.21. The maximum Gasteiger partial charge on any atom is 0.326 e. The Kier molecular flexibility index (Phi) is 4.66. The number of carboxylic acid groups (broad SMARTS) is 1. The van der Waals surface area contributed by atoms with E-state index in [1.54, 1.807) is 14.0 Å². The number of ether oxygens (including phenoxy) is 1. The summed E-state index contributed by atoms with van der Waals surface area (Å²) in [6, 6.07) is 1.21. The van der Waals surface area contributed by atoms with E-state index >= 15 is 0 Å². The Morgan fingerprint density at radius 3 is 2.52 bits per heavy atom. The minimum absolute atomic E-state index is 0.161. The summed E-state index contributed by atoms with van der Waals surface area (Å²) >= 11 is 0. The lowest BCUT2D eigenvalue weighted by Crippen LogP contribution is -2.34. The molecule has 0 spiro atoms. The summed E-state index contributed by atoms with van der Waals surface area (Å²) < 4.78 is 33.2. The topological polar surface area (TPSA) is 123 Å². The molecule has 0 aliphatic carbocycles. The van der Waals surface area contributed by atoms with Gasteiger partial charge in [0.05, 0.1) is 19.5 Å². The first-order chi connectivity index (χ1) is 10.8. The molecule has 2 rings (SSSR count). The van der Waals surface area contributed by atoms with Crippen LogP contribution in [0.4, 0.5) is 0 Å². The third-order valence-electron chi connectivity index (χ3n) is 3.33. The molecule has 0 aromatic carbocycles. The van der Waals surface area contributed by atoms with Gasteiger partial charge in [-0.1, -0.05) is 0 Å². The van der Waals surface area contributed by atoms with Gasteiger partial charge in [0.2, 0.25) is 15.9 Å². The van der Waals surface area contributed by atoms with Crippen LogP contribution < -0.4 is 9.46 Å². The minimum Gasteiger partial charge on any atom is -0.481 e. The predicted molar refractivity (Wildman–Crippen MR) is 79.4 cm³/mol. The molecule has 1 atom stereocenters. The first kappa shape index (κ1) is 16.9. The molecule has 0 bridgehead atoms. The molecule has 0 saturated carbocycles. The van der Waals surface area contributed by atoms with Gasteiger partial charge in [0.15, 0.2) is 0 Å². The molecule has 124 valence electrons. The fourth-order valence-electron chi connectivity index (χ4n) is 1.92. The second kappa shape index (κ2) is 6.34. The summed E-state index contributed by atoms with van der Waals surface area (Å²) in [4.78, 5) is 15.1. The molecule has 0 saturated heterocycles. The van der Waals surface area contributed by atoms with Gasteiger partial charge in [-0.15, -0.1) is 0 Å². The number of aromatic nitrogens is 3. The molecule has 0 aliphatic heterocycles. The van der Waals surface area contributed by atoms with Crippen LogP contribution in [-0.4, -0.2) is 41.4 Å². The third kappa shape index (κ3) is 3.48. The van der Waals surface area contributed by atoms with Crippen LogP contribution in [0.2, 0.25) is 0 Å². The average Bonchev–Trinajstić information content (AvgIpc) is 2.84. The summed E-state index contributed by atoms with van der Waals surface area (Å²) in [5.41, 5.74) is 0.818. The van der Waals surface area contributed by atoms with Crippen molar-refractivity contribution in [2.75, 3.05) is 7.11 Å². The molecule has 0 radical (unpaired) electrons. The highest BCUT2D eigenvalue weighted by Gasteiger charge is 2.29. The van der Waals surface area contributed by atoms with Crippen molar-refractivity contribution < 1.29 is 23.1 Å². The Balaban J connectivity index is 2.35. The lowest BCUT2D eigenvalue weighted by atomic mass is 10.1. The third-order valence-corrected chi connectivity index (χ3v) is 4.74. The normalized spacial score (nSPS) is 12.8. The van der Waals surface area contributed by atoms with Crippen molar-refractivity contribution in [1.29, 1.82) is 0 Å². The van der Waals surface area contributed by atoms with Crippen molar-refractivity contribution in [2.24, 2.45) is 7.05 Å². The van der Waals surface area contributed by atoms with Crippen molar-refractivity contribution in [3.8, 4) is 5.88 Å². The number of methoxy groups -OCH3 is 1. The predicted octanol–water partition coefficient (Wildman–Crippen LogP) is 0.236. The second-order valence-corrected chi connectivity index (χ2v) is 6.45. The Morgan fingerprint density at radius 1 is 1.39 bits per heavy atom. The number of aliphatic carboxylic acids is 1. The molecular weight excluding hydrogens is 324 g/mol. The van der Waals surface area contributed by atoms with E-state index in [4.69, 9.17) is 4.74 Å². The summed E-state index contributed by atoms with van der Waals surface area (Å²) in [7, 11) is -1.03. The number of carbonyl (C=O) groups is 1. The van der Waals surface area contributed by atoms with Crippen LogP contribution >= 0.6 is 0 Å². The van der Waals surface area contributed by atoms with Gasteiger partial charge >= 0.3 is 5.97 Å². The highest BCUT2D eigenvalue weighted by molar-refractivity contribution is 7.89. The monoisotopic (exact) mass is 340 g/mol. The van der Waals surface area contributed by atoms with Crippen LogP contribution in [0.15, 0.2) is 29.4 Å². The number of nitrogens with zero attached hydrogens (tertiary/aromatic N) is 3. The lowest BCUT2D eigenvalue weighted by Gasteiger charge is -2.14. The fourth-order valence-corrected chi connectivity index (χ4v) is 3.03. The van der Waals surface area contributed by atoms with Crippen molar-refractivity contribution in [2.45, 2.75) is 17.9 Å². The molecule has 0 aliphatic rings. The molecule has 2 aromatic heterocycles. The quantitative estimate of drug-likeness (QED) is 0.772. The van der Waals surface area contributed by atoms with Gasteiger partial charge in [-0.05, 0) is 13.0 Å². The summed E-state index contributed by atoms with van der Waals surface area (Å²) in [6.07, 6.45) is 2.42. The van der Waals surface area contributed by atoms with Crippen LogP contribution in [0, 0.1) is 6.92 Å². The van der Waals surface area contributed by atoms with E-state index in [0.29, 0.717) is 5.69 Å². The molecule has 2 heterocycles. The molecule has 2 N–H and O–H groups in total. The smallest absolute Gasteiger partial charge is 0.326 e. The zero-order valence-electron chi connectivity index (χ0n) is 12.7. The van der Waals surface area contributed by atoms with Gasteiger partial charge in [-0.2, -0.15) is 9.82 Å². The molecule has 1 unspecified atom stereocenters.